The lowest BCUT2D eigenvalue weighted by Crippen LogP contribution is -2.36. The summed E-state index contributed by atoms with van der Waals surface area (Å²) >= 11 is 0. The second-order valence-electron chi connectivity index (χ2n) is 4.98. The van der Waals surface area contributed by atoms with Crippen LogP contribution in [0.25, 0.3) is 0 Å². The van der Waals surface area contributed by atoms with E-state index in [4.69, 9.17) is 9.84 Å². The molecule has 1 fully saturated rings. The van der Waals surface area contributed by atoms with E-state index in [0.717, 1.165) is 23.4 Å². The summed E-state index contributed by atoms with van der Waals surface area (Å²) in [5, 5.41) is 8.83. The molecule has 0 heterocycles. The third-order valence-electron chi connectivity index (χ3n) is 3.73. The van der Waals surface area contributed by atoms with Gasteiger partial charge in [0, 0.05) is 18.2 Å². The van der Waals surface area contributed by atoms with Crippen molar-refractivity contribution < 1.29 is 9.84 Å². The molecule has 3 heteroatoms. The monoisotopic (exact) mass is 259 g/mol. The summed E-state index contributed by atoms with van der Waals surface area (Å²) in [5.74, 6) is 6.58. The molecule has 102 valence electrons. The van der Waals surface area contributed by atoms with Crippen molar-refractivity contribution in [3.63, 3.8) is 0 Å². The fraction of sp³-hybridized carbons (Fsp3) is 0.500. The van der Waals surface area contributed by atoms with Gasteiger partial charge < -0.3 is 9.84 Å². The highest BCUT2D eigenvalue weighted by atomic mass is 16.5. The van der Waals surface area contributed by atoms with Crippen molar-refractivity contribution in [3.05, 3.63) is 29.3 Å². The first kappa shape index (κ1) is 13.9. The Hall–Kier alpha value is -1.50. The van der Waals surface area contributed by atoms with Gasteiger partial charge in [-0.05, 0) is 43.7 Å². The zero-order valence-corrected chi connectivity index (χ0v) is 11.6. The maximum atomic E-state index is 8.83. The Morgan fingerprint density at radius 2 is 2.21 bits per heavy atom. The molecule has 0 radical (unpaired) electrons. The van der Waals surface area contributed by atoms with Crippen LogP contribution in [0.4, 0.5) is 0 Å². The summed E-state index contributed by atoms with van der Waals surface area (Å²) in [7, 11) is 3.83. The number of aliphatic hydroxyl groups is 1. The Morgan fingerprint density at radius 3 is 2.79 bits per heavy atom. The highest BCUT2D eigenvalue weighted by Gasteiger charge is 2.22. The number of aliphatic hydroxyl groups excluding tert-OH is 1. The van der Waals surface area contributed by atoms with E-state index in [9.17, 15) is 0 Å². The fourth-order valence-electron chi connectivity index (χ4n) is 2.31. The maximum absolute atomic E-state index is 8.83. The van der Waals surface area contributed by atoms with Gasteiger partial charge in [-0.2, -0.15) is 0 Å². The van der Waals surface area contributed by atoms with Crippen molar-refractivity contribution >= 4 is 0 Å². The van der Waals surface area contributed by atoms with Crippen LogP contribution in [0.3, 0.4) is 0 Å². The van der Waals surface area contributed by atoms with Gasteiger partial charge in [-0.3, -0.25) is 4.90 Å². The second kappa shape index (κ2) is 6.60. The van der Waals surface area contributed by atoms with Crippen LogP contribution < -0.4 is 4.74 Å². The van der Waals surface area contributed by atoms with Crippen LogP contribution in [0.1, 0.15) is 30.4 Å². The summed E-state index contributed by atoms with van der Waals surface area (Å²) in [4.78, 5) is 2.38. The van der Waals surface area contributed by atoms with E-state index in [1.165, 1.54) is 19.3 Å². The van der Waals surface area contributed by atoms with E-state index in [-0.39, 0.29) is 6.61 Å². The predicted molar refractivity (Wildman–Crippen MR) is 76.1 cm³/mol. The summed E-state index contributed by atoms with van der Waals surface area (Å²) in [5.41, 5.74) is 2.13. The zero-order chi connectivity index (χ0) is 13.7. The summed E-state index contributed by atoms with van der Waals surface area (Å²) < 4.78 is 5.28. The highest BCUT2D eigenvalue weighted by Crippen LogP contribution is 2.26. The normalized spacial score (nSPS) is 14.7. The average molecular weight is 259 g/mol. The van der Waals surface area contributed by atoms with Gasteiger partial charge in [-0.25, -0.2) is 0 Å². The van der Waals surface area contributed by atoms with Crippen molar-refractivity contribution in [2.75, 3.05) is 20.8 Å². The molecule has 1 aliphatic carbocycles. The zero-order valence-electron chi connectivity index (χ0n) is 11.6. The minimum atomic E-state index is -0.107. The van der Waals surface area contributed by atoms with Gasteiger partial charge in [-0.1, -0.05) is 18.3 Å². The van der Waals surface area contributed by atoms with Gasteiger partial charge in [0.15, 0.2) is 0 Å². The van der Waals surface area contributed by atoms with Crippen LogP contribution in [0.2, 0.25) is 0 Å². The smallest absolute Gasteiger partial charge is 0.119 e. The molecule has 1 saturated carbocycles. The van der Waals surface area contributed by atoms with E-state index < -0.39 is 0 Å². The molecule has 1 aromatic rings. The molecule has 0 spiro atoms. The largest absolute Gasteiger partial charge is 0.497 e. The van der Waals surface area contributed by atoms with Gasteiger partial charge in [0.2, 0.25) is 0 Å². The molecule has 0 aromatic heterocycles. The van der Waals surface area contributed by atoms with Crippen LogP contribution in [0, 0.1) is 11.8 Å². The fourth-order valence-corrected chi connectivity index (χ4v) is 2.31. The molecule has 0 saturated heterocycles. The Kier molecular flexibility index (Phi) is 4.84. The Labute approximate surface area is 115 Å². The van der Waals surface area contributed by atoms with Crippen LogP contribution in [-0.2, 0) is 6.54 Å². The quantitative estimate of drug-likeness (QED) is 0.840. The van der Waals surface area contributed by atoms with Gasteiger partial charge in [0.25, 0.3) is 0 Å². The third kappa shape index (κ3) is 3.50. The highest BCUT2D eigenvalue weighted by molar-refractivity contribution is 5.45. The molecular formula is C16H21NO2. The minimum absolute atomic E-state index is 0.107. The second-order valence-corrected chi connectivity index (χ2v) is 4.98. The van der Waals surface area contributed by atoms with Crippen molar-refractivity contribution in [3.8, 4) is 17.6 Å². The molecular weight excluding hydrogens is 238 g/mol. The molecule has 1 aromatic carbocycles. The first-order valence-electron chi connectivity index (χ1n) is 6.71. The molecule has 0 aliphatic heterocycles. The van der Waals surface area contributed by atoms with Crippen LogP contribution in [-0.4, -0.2) is 36.8 Å². The van der Waals surface area contributed by atoms with Crippen LogP contribution >= 0.6 is 0 Å². The van der Waals surface area contributed by atoms with Crippen LogP contribution in [0.5, 0.6) is 5.75 Å². The lowest BCUT2D eigenvalue weighted by molar-refractivity contribution is 0.152. The van der Waals surface area contributed by atoms with Crippen LogP contribution in [0.15, 0.2) is 18.2 Å². The Bertz CT molecular complexity index is 483. The number of nitrogens with zero attached hydrogens (tertiary/aromatic N) is 1. The van der Waals surface area contributed by atoms with Crippen molar-refractivity contribution in [2.24, 2.45) is 0 Å². The number of rotatable bonds is 4. The Morgan fingerprint density at radius 1 is 1.42 bits per heavy atom. The van der Waals surface area contributed by atoms with Gasteiger partial charge in [0.1, 0.15) is 12.4 Å². The number of hydrogen-bond donors (Lipinski definition) is 1. The standard InChI is InChI=1S/C16H21NO2/c1-17(15-6-3-7-15)12-14-11-16(19-2)9-8-13(14)5-4-10-18/h8-9,11,15,18H,3,6-7,10,12H2,1-2H3. The van der Waals surface area contributed by atoms with E-state index in [1.807, 2.05) is 18.2 Å². The SMILES string of the molecule is COc1ccc(C#CCO)c(CN(C)C2CCC2)c1. The van der Waals surface area contributed by atoms with Crippen molar-refractivity contribution in [2.45, 2.75) is 31.8 Å². The molecule has 1 N–H and O–H groups in total. The van der Waals surface area contributed by atoms with Crippen molar-refractivity contribution in [1.29, 1.82) is 0 Å². The van der Waals surface area contributed by atoms with E-state index in [2.05, 4.69) is 23.8 Å². The molecule has 0 amide bonds. The molecule has 0 atom stereocenters. The number of benzene rings is 1. The molecule has 3 nitrogen and oxygen atoms in total. The van der Waals surface area contributed by atoms with Gasteiger partial charge in [0.05, 0.1) is 7.11 Å². The molecule has 19 heavy (non-hydrogen) atoms. The van der Waals surface area contributed by atoms with E-state index >= 15 is 0 Å². The summed E-state index contributed by atoms with van der Waals surface area (Å²) in [6.07, 6.45) is 3.92. The predicted octanol–water partition coefficient (Wildman–Crippen LogP) is 2.02. The van der Waals surface area contributed by atoms with E-state index in [1.54, 1.807) is 7.11 Å². The first-order chi connectivity index (χ1) is 9.24. The molecule has 1 aliphatic rings. The lowest BCUT2D eigenvalue weighted by atomic mass is 9.91. The number of ether oxygens (including phenoxy) is 1. The maximum Gasteiger partial charge on any atom is 0.119 e. The number of methoxy groups -OCH3 is 1. The third-order valence-corrected chi connectivity index (χ3v) is 3.73. The van der Waals surface area contributed by atoms with Gasteiger partial charge >= 0.3 is 0 Å². The molecule has 0 bridgehead atoms. The summed E-state index contributed by atoms with van der Waals surface area (Å²) in [6.45, 7) is 0.765. The van der Waals surface area contributed by atoms with Gasteiger partial charge in [-0.15, -0.1) is 0 Å². The lowest BCUT2D eigenvalue weighted by Gasteiger charge is -2.35. The first-order valence-corrected chi connectivity index (χ1v) is 6.71. The topological polar surface area (TPSA) is 32.7 Å². The molecule has 2 rings (SSSR count). The van der Waals surface area contributed by atoms with Crippen molar-refractivity contribution in [1.82, 2.24) is 4.90 Å². The minimum Gasteiger partial charge on any atom is -0.497 e. The molecule has 0 unspecified atom stereocenters. The summed E-state index contributed by atoms with van der Waals surface area (Å²) in [6, 6.07) is 6.61. The Balaban J connectivity index is 2.18. The van der Waals surface area contributed by atoms with E-state index in [0.29, 0.717) is 6.04 Å². The average Bonchev–Trinajstić information content (AvgIpc) is 2.35. The number of hydrogen-bond acceptors (Lipinski definition) is 3.